The fraction of sp³-hybridized carbons (Fsp3) is 0.944. The molecule has 2 saturated heterocycles. The quantitative estimate of drug-likeness (QED) is 0.778. The lowest BCUT2D eigenvalue weighted by atomic mass is 9.77. The summed E-state index contributed by atoms with van der Waals surface area (Å²) in [6.07, 6.45) is 7.44. The molecule has 2 heterocycles. The first-order valence-electron chi connectivity index (χ1n) is 8.90. The smallest absolute Gasteiger partial charge is 0.236 e. The molecule has 0 N–H and O–H groups in total. The Hall–Kier alpha value is -0.570. The zero-order chi connectivity index (χ0) is 15.5. The molecule has 0 bridgehead atoms. The van der Waals surface area contributed by atoms with Gasteiger partial charge in [0, 0.05) is 12.6 Å². The van der Waals surface area contributed by atoms with Gasteiger partial charge in [-0.05, 0) is 69.9 Å². The lowest BCUT2D eigenvalue weighted by molar-refractivity contribution is -0.135. The standard InChI is InChI=1S/C18H34N2O/c1-15-8-5-6-12-20(15)17(21)14-19-11-7-9-16(10-13-19)18(2,3)4/h15-16H,5-14H2,1-4H3. The minimum atomic E-state index is 0.358. The lowest BCUT2D eigenvalue weighted by Gasteiger charge is -2.35. The summed E-state index contributed by atoms with van der Waals surface area (Å²) in [6, 6.07) is 0.445. The van der Waals surface area contributed by atoms with Gasteiger partial charge in [-0.15, -0.1) is 0 Å². The minimum absolute atomic E-state index is 0.358. The summed E-state index contributed by atoms with van der Waals surface area (Å²) in [4.78, 5) is 17.1. The van der Waals surface area contributed by atoms with Crippen molar-refractivity contribution in [1.82, 2.24) is 9.80 Å². The van der Waals surface area contributed by atoms with E-state index in [2.05, 4.69) is 37.5 Å². The maximum Gasteiger partial charge on any atom is 0.236 e. The third kappa shape index (κ3) is 4.70. The number of carbonyl (C=O) groups is 1. The number of carbonyl (C=O) groups excluding carboxylic acids is 1. The van der Waals surface area contributed by atoms with Crippen LogP contribution in [0.1, 0.15) is 66.2 Å². The van der Waals surface area contributed by atoms with Crippen molar-refractivity contribution >= 4 is 5.91 Å². The molecule has 2 unspecified atom stereocenters. The van der Waals surface area contributed by atoms with Crippen LogP contribution in [0.15, 0.2) is 0 Å². The minimum Gasteiger partial charge on any atom is -0.339 e. The summed E-state index contributed by atoms with van der Waals surface area (Å²) in [7, 11) is 0. The van der Waals surface area contributed by atoms with E-state index in [0.717, 1.165) is 25.6 Å². The summed E-state index contributed by atoms with van der Waals surface area (Å²) in [5.74, 6) is 1.16. The van der Waals surface area contributed by atoms with E-state index in [1.165, 1.54) is 38.5 Å². The Balaban J connectivity index is 1.84. The van der Waals surface area contributed by atoms with E-state index >= 15 is 0 Å². The average Bonchev–Trinajstić information content (AvgIpc) is 2.64. The van der Waals surface area contributed by atoms with Gasteiger partial charge in [0.25, 0.3) is 0 Å². The van der Waals surface area contributed by atoms with Gasteiger partial charge in [0.2, 0.25) is 5.91 Å². The monoisotopic (exact) mass is 294 g/mol. The predicted molar refractivity (Wildman–Crippen MR) is 88.3 cm³/mol. The summed E-state index contributed by atoms with van der Waals surface area (Å²) in [5.41, 5.74) is 0.404. The van der Waals surface area contributed by atoms with E-state index in [-0.39, 0.29) is 0 Å². The van der Waals surface area contributed by atoms with Crippen molar-refractivity contribution in [3.8, 4) is 0 Å². The third-order valence-electron chi connectivity index (χ3n) is 5.53. The second-order valence-corrected chi connectivity index (χ2v) is 8.20. The fourth-order valence-electron chi connectivity index (χ4n) is 3.93. The van der Waals surface area contributed by atoms with E-state index in [1.54, 1.807) is 0 Å². The molecular formula is C18H34N2O. The Morgan fingerprint density at radius 1 is 1.00 bits per heavy atom. The van der Waals surface area contributed by atoms with Crippen molar-refractivity contribution < 1.29 is 4.79 Å². The van der Waals surface area contributed by atoms with Crippen molar-refractivity contribution in [3.05, 3.63) is 0 Å². The van der Waals surface area contributed by atoms with Crippen LogP contribution in [0.3, 0.4) is 0 Å². The van der Waals surface area contributed by atoms with Gasteiger partial charge in [-0.2, -0.15) is 0 Å². The summed E-state index contributed by atoms with van der Waals surface area (Å²) < 4.78 is 0. The molecule has 0 aromatic carbocycles. The fourth-order valence-corrected chi connectivity index (χ4v) is 3.93. The molecular weight excluding hydrogens is 260 g/mol. The molecule has 0 saturated carbocycles. The van der Waals surface area contributed by atoms with Gasteiger partial charge in [0.1, 0.15) is 0 Å². The number of amides is 1. The van der Waals surface area contributed by atoms with Gasteiger partial charge in [-0.1, -0.05) is 20.8 Å². The molecule has 0 radical (unpaired) electrons. The first kappa shape index (κ1) is 16.8. The highest BCUT2D eigenvalue weighted by Gasteiger charge is 2.29. The van der Waals surface area contributed by atoms with E-state index in [1.807, 2.05) is 0 Å². The highest BCUT2D eigenvalue weighted by molar-refractivity contribution is 5.78. The van der Waals surface area contributed by atoms with Crippen molar-refractivity contribution in [1.29, 1.82) is 0 Å². The average molecular weight is 294 g/mol. The molecule has 0 aromatic rings. The van der Waals surface area contributed by atoms with Crippen molar-refractivity contribution in [2.75, 3.05) is 26.2 Å². The molecule has 2 aliphatic heterocycles. The van der Waals surface area contributed by atoms with Gasteiger partial charge in [-0.3, -0.25) is 9.69 Å². The summed E-state index contributed by atoms with van der Waals surface area (Å²) >= 11 is 0. The molecule has 1 amide bonds. The van der Waals surface area contributed by atoms with Crippen molar-refractivity contribution in [2.24, 2.45) is 11.3 Å². The van der Waals surface area contributed by atoms with Crippen LogP contribution in [0.5, 0.6) is 0 Å². The number of likely N-dealkylation sites (tertiary alicyclic amines) is 2. The first-order valence-corrected chi connectivity index (χ1v) is 8.90. The Morgan fingerprint density at radius 2 is 1.76 bits per heavy atom. The van der Waals surface area contributed by atoms with Gasteiger partial charge in [-0.25, -0.2) is 0 Å². The van der Waals surface area contributed by atoms with E-state index in [0.29, 0.717) is 23.9 Å². The maximum atomic E-state index is 12.6. The first-order chi connectivity index (χ1) is 9.88. The Bertz CT molecular complexity index is 348. The molecule has 122 valence electrons. The van der Waals surface area contributed by atoms with E-state index in [4.69, 9.17) is 0 Å². The topological polar surface area (TPSA) is 23.6 Å². The molecule has 2 atom stereocenters. The maximum absolute atomic E-state index is 12.6. The number of hydrogen-bond donors (Lipinski definition) is 0. The van der Waals surface area contributed by atoms with Crippen LogP contribution < -0.4 is 0 Å². The number of hydrogen-bond acceptors (Lipinski definition) is 2. The number of nitrogens with zero attached hydrogens (tertiary/aromatic N) is 2. The number of piperidine rings is 1. The normalized spacial score (nSPS) is 29.2. The Labute approximate surface area is 131 Å². The van der Waals surface area contributed by atoms with E-state index in [9.17, 15) is 4.79 Å². The van der Waals surface area contributed by atoms with Gasteiger partial charge >= 0.3 is 0 Å². The number of rotatable bonds is 2. The van der Waals surface area contributed by atoms with Crippen molar-refractivity contribution in [2.45, 2.75) is 72.3 Å². The van der Waals surface area contributed by atoms with Crippen LogP contribution in [0.25, 0.3) is 0 Å². The lowest BCUT2D eigenvalue weighted by Crippen LogP contribution is -2.47. The van der Waals surface area contributed by atoms with Gasteiger partial charge in [0.15, 0.2) is 0 Å². The third-order valence-corrected chi connectivity index (χ3v) is 5.53. The van der Waals surface area contributed by atoms with Crippen LogP contribution in [0.4, 0.5) is 0 Å². The molecule has 2 rings (SSSR count). The molecule has 2 aliphatic rings. The molecule has 2 fully saturated rings. The molecule has 0 aromatic heterocycles. The summed E-state index contributed by atoms with van der Waals surface area (Å²) in [5, 5.41) is 0. The zero-order valence-corrected chi connectivity index (χ0v) is 14.5. The van der Waals surface area contributed by atoms with E-state index < -0.39 is 0 Å². The van der Waals surface area contributed by atoms with Gasteiger partial charge < -0.3 is 4.90 Å². The SMILES string of the molecule is CC1CCCCN1C(=O)CN1CCCC(C(C)(C)C)CC1. The van der Waals surface area contributed by atoms with Crippen LogP contribution in [0, 0.1) is 11.3 Å². The molecule has 0 spiro atoms. The van der Waals surface area contributed by atoms with Crippen LogP contribution >= 0.6 is 0 Å². The second-order valence-electron chi connectivity index (χ2n) is 8.20. The zero-order valence-electron chi connectivity index (χ0n) is 14.5. The van der Waals surface area contributed by atoms with Crippen LogP contribution in [-0.4, -0.2) is 47.9 Å². The second kappa shape index (κ2) is 7.13. The van der Waals surface area contributed by atoms with Crippen LogP contribution in [0.2, 0.25) is 0 Å². The van der Waals surface area contributed by atoms with Crippen molar-refractivity contribution in [3.63, 3.8) is 0 Å². The Morgan fingerprint density at radius 3 is 2.43 bits per heavy atom. The Kier molecular flexibility index (Phi) is 5.70. The highest BCUT2D eigenvalue weighted by atomic mass is 16.2. The van der Waals surface area contributed by atoms with Crippen LogP contribution in [-0.2, 0) is 4.79 Å². The van der Waals surface area contributed by atoms with Gasteiger partial charge in [0.05, 0.1) is 6.54 Å². The summed E-state index contributed by atoms with van der Waals surface area (Å²) in [6.45, 7) is 13.1. The molecule has 21 heavy (non-hydrogen) atoms. The predicted octanol–water partition coefficient (Wildman–Crippen LogP) is 3.54. The molecule has 0 aliphatic carbocycles. The largest absolute Gasteiger partial charge is 0.339 e. The highest BCUT2D eigenvalue weighted by Crippen LogP contribution is 2.34. The molecule has 3 heteroatoms. The molecule has 3 nitrogen and oxygen atoms in total.